The van der Waals surface area contributed by atoms with Crippen molar-refractivity contribution in [3.63, 3.8) is 0 Å². The van der Waals surface area contributed by atoms with E-state index in [2.05, 4.69) is 26.1 Å². The molecule has 7 heteroatoms. The first-order chi connectivity index (χ1) is 12.0. The van der Waals surface area contributed by atoms with Crippen LogP contribution in [0.1, 0.15) is 5.56 Å². The van der Waals surface area contributed by atoms with Crippen LogP contribution in [0.4, 0.5) is 10.5 Å². The van der Waals surface area contributed by atoms with E-state index in [1.165, 1.54) is 0 Å². The lowest BCUT2D eigenvalue weighted by Crippen LogP contribution is -2.49. The van der Waals surface area contributed by atoms with E-state index >= 15 is 0 Å². The highest BCUT2D eigenvalue weighted by Gasteiger charge is 2.22. The van der Waals surface area contributed by atoms with Gasteiger partial charge < -0.3 is 10.2 Å². The Morgan fingerprint density at radius 2 is 1.64 bits per heavy atom. The van der Waals surface area contributed by atoms with E-state index in [4.69, 9.17) is 23.2 Å². The lowest BCUT2D eigenvalue weighted by Gasteiger charge is -2.35. The van der Waals surface area contributed by atoms with Gasteiger partial charge in [-0.25, -0.2) is 4.79 Å². The van der Waals surface area contributed by atoms with Crippen LogP contribution in [0.25, 0.3) is 0 Å². The first-order valence-electron chi connectivity index (χ1n) is 8.00. The summed E-state index contributed by atoms with van der Waals surface area (Å²) in [7, 11) is 0. The zero-order chi connectivity index (χ0) is 17.8. The maximum absolute atomic E-state index is 12.4. The summed E-state index contributed by atoms with van der Waals surface area (Å²) in [5.41, 5.74) is 1.72. The molecule has 1 N–H and O–H groups in total. The van der Waals surface area contributed by atoms with E-state index in [9.17, 15) is 4.79 Å². The summed E-state index contributed by atoms with van der Waals surface area (Å²) >= 11 is 15.9. The van der Waals surface area contributed by atoms with Crippen molar-refractivity contribution >= 4 is 50.9 Å². The van der Waals surface area contributed by atoms with Gasteiger partial charge in [-0.05, 0) is 40.2 Å². The Labute approximate surface area is 165 Å². The van der Waals surface area contributed by atoms with Gasteiger partial charge in [-0.2, -0.15) is 0 Å². The Morgan fingerprint density at radius 3 is 2.28 bits per heavy atom. The molecule has 2 aromatic carbocycles. The number of hydrogen-bond donors (Lipinski definition) is 1. The second-order valence-corrected chi connectivity index (χ2v) is 7.54. The van der Waals surface area contributed by atoms with Gasteiger partial charge >= 0.3 is 6.03 Å². The van der Waals surface area contributed by atoms with Gasteiger partial charge in [-0.1, -0.05) is 41.4 Å². The minimum Gasteiger partial charge on any atom is -0.322 e. The molecular formula is C18H18BrCl2N3O. The summed E-state index contributed by atoms with van der Waals surface area (Å²) in [4.78, 5) is 16.5. The van der Waals surface area contributed by atoms with Crippen LogP contribution >= 0.6 is 39.1 Å². The predicted molar refractivity (Wildman–Crippen MR) is 106 cm³/mol. The van der Waals surface area contributed by atoms with Crippen molar-refractivity contribution in [2.75, 3.05) is 31.5 Å². The number of amides is 2. The molecular weight excluding hydrogens is 425 g/mol. The molecule has 132 valence electrons. The van der Waals surface area contributed by atoms with E-state index in [0.717, 1.165) is 28.8 Å². The van der Waals surface area contributed by atoms with Crippen molar-refractivity contribution in [3.8, 4) is 0 Å². The van der Waals surface area contributed by atoms with Crippen LogP contribution in [0.15, 0.2) is 46.9 Å². The molecule has 1 fully saturated rings. The molecule has 0 radical (unpaired) electrons. The van der Waals surface area contributed by atoms with E-state index in [-0.39, 0.29) is 6.03 Å². The number of anilines is 1. The van der Waals surface area contributed by atoms with Gasteiger partial charge in [0.25, 0.3) is 0 Å². The van der Waals surface area contributed by atoms with Crippen molar-refractivity contribution in [2.45, 2.75) is 6.54 Å². The number of urea groups is 1. The van der Waals surface area contributed by atoms with Gasteiger partial charge in [0.15, 0.2) is 0 Å². The average molecular weight is 443 g/mol. The molecule has 3 rings (SSSR count). The Balaban J connectivity index is 1.55. The highest BCUT2D eigenvalue weighted by Crippen LogP contribution is 2.26. The van der Waals surface area contributed by atoms with E-state index < -0.39 is 0 Å². The quantitative estimate of drug-likeness (QED) is 0.717. The molecule has 0 saturated carbocycles. The maximum Gasteiger partial charge on any atom is 0.321 e. The summed E-state index contributed by atoms with van der Waals surface area (Å²) in [5.74, 6) is 0. The average Bonchev–Trinajstić information content (AvgIpc) is 2.61. The number of halogens is 3. The Morgan fingerprint density at radius 1 is 1.00 bits per heavy atom. The number of rotatable bonds is 3. The van der Waals surface area contributed by atoms with Gasteiger partial charge in [0, 0.05) is 52.8 Å². The first-order valence-corrected chi connectivity index (χ1v) is 9.55. The van der Waals surface area contributed by atoms with Crippen LogP contribution in [0.3, 0.4) is 0 Å². The molecule has 4 nitrogen and oxygen atoms in total. The minimum atomic E-state index is -0.0812. The second-order valence-electron chi connectivity index (χ2n) is 5.87. The minimum absolute atomic E-state index is 0.0812. The van der Waals surface area contributed by atoms with Crippen LogP contribution in [0.5, 0.6) is 0 Å². The summed E-state index contributed by atoms with van der Waals surface area (Å²) < 4.78 is 0.871. The van der Waals surface area contributed by atoms with Gasteiger partial charge in [-0.15, -0.1) is 0 Å². The van der Waals surface area contributed by atoms with Gasteiger partial charge in [0.05, 0.1) is 5.69 Å². The monoisotopic (exact) mass is 441 g/mol. The molecule has 1 aliphatic heterocycles. The van der Waals surface area contributed by atoms with Crippen molar-refractivity contribution in [2.24, 2.45) is 0 Å². The Bertz CT molecular complexity index is 743. The number of carbonyl (C=O) groups excluding carboxylic acids is 1. The Hall–Kier alpha value is -1.27. The number of nitrogens with one attached hydrogen (secondary N) is 1. The standard InChI is InChI=1S/C18H18BrCl2N3O/c19-14-4-1-2-7-17(14)22-18(25)24-10-8-23(9-11-24)12-13-15(20)5-3-6-16(13)21/h1-7H,8-12H2,(H,22,25). The topological polar surface area (TPSA) is 35.6 Å². The third kappa shape index (κ3) is 4.67. The molecule has 2 amide bonds. The van der Waals surface area contributed by atoms with Crippen molar-refractivity contribution in [1.82, 2.24) is 9.80 Å². The number of para-hydroxylation sites is 1. The lowest BCUT2D eigenvalue weighted by atomic mass is 10.2. The lowest BCUT2D eigenvalue weighted by molar-refractivity contribution is 0.143. The van der Waals surface area contributed by atoms with Crippen LogP contribution in [0, 0.1) is 0 Å². The predicted octanol–water partition coefficient (Wildman–Crippen LogP) is 5.11. The van der Waals surface area contributed by atoms with Crippen LogP contribution in [-0.4, -0.2) is 42.0 Å². The molecule has 0 aromatic heterocycles. The van der Waals surface area contributed by atoms with E-state index in [0.29, 0.717) is 29.7 Å². The van der Waals surface area contributed by atoms with Crippen LogP contribution in [-0.2, 0) is 6.54 Å². The molecule has 0 spiro atoms. The zero-order valence-corrected chi connectivity index (χ0v) is 16.6. The molecule has 1 aliphatic rings. The first kappa shape index (κ1) is 18.5. The Kier molecular flexibility index (Phi) is 6.23. The molecule has 2 aromatic rings. The summed E-state index contributed by atoms with van der Waals surface area (Å²) in [6.07, 6.45) is 0. The number of nitrogens with zero attached hydrogens (tertiary/aromatic N) is 2. The van der Waals surface area contributed by atoms with Gasteiger partial charge in [0.1, 0.15) is 0 Å². The van der Waals surface area contributed by atoms with E-state index in [1.807, 2.05) is 47.4 Å². The molecule has 1 heterocycles. The fourth-order valence-corrected chi connectivity index (χ4v) is 3.67. The normalized spacial score (nSPS) is 15.2. The van der Waals surface area contributed by atoms with Gasteiger partial charge in [-0.3, -0.25) is 4.90 Å². The molecule has 1 saturated heterocycles. The van der Waals surface area contributed by atoms with Crippen molar-refractivity contribution in [3.05, 3.63) is 62.5 Å². The fourth-order valence-electron chi connectivity index (χ4n) is 2.77. The summed E-state index contributed by atoms with van der Waals surface area (Å²) in [5, 5.41) is 4.31. The highest BCUT2D eigenvalue weighted by atomic mass is 79.9. The molecule has 0 unspecified atom stereocenters. The second kappa shape index (κ2) is 8.41. The highest BCUT2D eigenvalue weighted by molar-refractivity contribution is 9.10. The maximum atomic E-state index is 12.4. The van der Waals surface area contributed by atoms with Crippen LogP contribution < -0.4 is 5.32 Å². The third-order valence-electron chi connectivity index (χ3n) is 4.22. The smallest absolute Gasteiger partial charge is 0.321 e. The van der Waals surface area contributed by atoms with Crippen LogP contribution in [0.2, 0.25) is 10.0 Å². The van der Waals surface area contributed by atoms with E-state index in [1.54, 1.807) is 0 Å². The SMILES string of the molecule is O=C(Nc1ccccc1Br)N1CCN(Cc2c(Cl)cccc2Cl)CC1. The van der Waals surface area contributed by atoms with Crippen molar-refractivity contribution in [1.29, 1.82) is 0 Å². The number of carbonyl (C=O) groups is 1. The summed E-state index contributed by atoms with van der Waals surface area (Å²) in [6.45, 7) is 3.59. The fraction of sp³-hybridized carbons (Fsp3) is 0.278. The largest absolute Gasteiger partial charge is 0.322 e. The number of hydrogen-bond acceptors (Lipinski definition) is 2. The molecule has 0 bridgehead atoms. The molecule has 0 aliphatic carbocycles. The zero-order valence-electron chi connectivity index (χ0n) is 13.5. The third-order valence-corrected chi connectivity index (χ3v) is 5.62. The molecule has 0 atom stereocenters. The van der Waals surface area contributed by atoms with Crippen molar-refractivity contribution < 1.29 is 4.79 Å². The molecule has 25 heavy (non-hydrogen) atoms. The van der Waals surface area contributed by atoms with Gasteiger partial charge in [0.2, 0.25) is 0 Å². The summed E-state index contributed by atoms with van der Waals surface area (Å²) in [6, 6.07) is 13.1. The number of benzene rings is 2. The number of piperazine rings is 1.